The van der Waals surface area contributed by atoms with Gasteiger partial charge >= 0.3 is 0 Å². The molecule has 0 unspecified atom stereocenters. The molecule has 0 spiro atoms. The minimum Gasteiger partial charge on any atom is -0.493 e. The second-order valence-electron chi connectivity index (χ2n) is 4.74. The molecule has 0 saturated carbocycles. The van der Waals surface area contributed by atoms with Crippen LogP contribution < -0.4 is 10.1 Å². The number of nitrogens with zero attached hydrogens (tertiary/aromatic N) is 3. The predicted octanol–water partition coefficient (Wildman–Crippen LogP) is 2.92. The van der Waals surface area contributed by atoms with Gasteiger partial charge in [0.1, 0.15) is 5.75 Å². The van der Waals surface area contributed by atoms with Gasteiger partial charge in [-0.15, -0.1) is 0 Å². The molecule has 0 aliphatic heterocycles. The van der Waals surface area contributed by atoms with E-state index in [-0.39, 0.29) is 5.91 Å². The van der Waals surface area contributed by atoms with Crippen molar-refractivity contribution in [2.24, 2.45) is 0 Å². The summed E-state index contributed by atoms with van der Waals surface area (Å²) in [5.41, 5.74) is 1.10. The van der Waals surface area contributed by atoms with Crippen LogP contribution >= 0.6 is 0 Å². The van der Waals surface area contributed by atoms with Crippen molar-refractivity contribution < 1.29 is 9.53 Å². The van der Waals surface area contributed by atoms with Gasteiger partial charge in [-0.3, -0.25) is 4.79 Å². The van der Waals surface area contributed by atoms with Gasteiger partial charge in [0, 0.05) is 12.4 Å². The number of hydrogen-bond acceptors (Lipinski definition) is 4. The number of ether oxygens (including phenoxy) is 1. The van der Waals surface area contributed by atoms with Crippen LogP contribution in [-0.2, 0) is 0 Å². The maximum Gasteiger partial charge on any atom is 0.259 e. The van der Waals surface area contributed by atoms with E-state index in [1.807, 2.05) is 19.1 Å². The van der Waals surface area contributed by atoms with Crippen LogP contribution in [0.5, 0.6) is 5.75 Å². The Balaban J connectivity index is 1.75. The second-order valence-corrected chi connectivity index (χ2v) is 4.74. The van der Waals surface area contributed by atoms with Crippen LogP contribution in [0.2, 0.25) is 0 Å². The molecule has 23 heavy (non-hydrogen) atoms. The van der Waals surface area contributed by atoms with Crippen LogP contribution in [0.15, 0.2) is 61.1 Å². The summed E-state index contributed by atoms with van der Waals surface area (Å²) in [5.74, 6) is 1.01. The molecule has 1 amide bonds. The largest absolute Gasteiger partial charge is 0.493 e. The van der Waals surface area contributed by atoms with Gasteiger partial charge in [-0.25, -0.2) is 9.67 Å². The lowest BCUT2D eigenvalue weighted by Gasteiger charge is -2.10. The number of amides is 1. The fourth-order valence-corrected chi connectivity index (χ4v) is 2.13. The number of carbonyl (C=O) groups excluding carboxylic acids is 1. The number of para-hydroxylation sites is 1. The number of aromatic nitrogens is 3. The summed E-state index contributed by atoms with van der Waals surface area (Å²) in [5, 5.41) is 6.93. The number of rotatable bonds is 5. The summed E-state index contributed by atoms with van der Waals surface area (Å²) >= 11 is 0. The Morgan fingerprint density at radius 2 is 2.09 bits per heavy atom. The highest BCUT2D eigenvalue weighted by Gasteiger charge is 2.12. The maximum absolute atomic E-state index is 12.4. The summed E-state index contributed by atoms with van der Waals surface area (Å²) in [7, 11) is 0. The Hall–Kier alpha value is -3.15. The molecule has 0 aliphatic carbocycles. The Bertz CT molecular complexity index is 783. The van der Waals surface area contributed by atoms with Crippen LogP contribution in [-0.4, -0.2) is 27.3 Å². The zero-order valence-electron chi connectivity index (χ0n) is 12.6. The molecule has 116 valence electrons. The third-order valence-corrected chi connectivity index (χ3v) is 3.18. The van der Waals surface area contributed by atoms with Crippen molar-refractivity contribution in [2.75, 3.05) is 11.9 Å². The van der Waals surface area contributed by atoms with Gasteiger partial charge in [0.05, 0.1) is 24.1 Å². The zero-order valence-corrected chi connectivity index (χ0v) is 12.6. The van der Waals surface area contributed by atoms with Crippen molar-refractivity contribution in [1.29, 1.82) is 0 Å². The third kappa shape index (κ3) is 3.37. The Morgan fingerprint density at radius 3 is 2.78 bits per heavy atom. The van der Waals surface area contributed by atoms with Crippen LogP contribution in [0.3, 0.4) is 0 Å². The molecule has 0 aliphatic rings. The topological polar surface area (TPSA) is 69.0 Å². The lowest BCUT2D eigenvalue weighted by molar-refractivity contribution is 0.102. The number of nitrogens with one attached hydrogen (secondary N) is 1. The summed E-state index contributed by atoms with van der Waals surface area (Å²) < 4.78 is 7.12. The minimum absolute atomic E-state index is 0.234. The van der Waals surface area contributed by atoms with Gasteiger partial charge in [0.15, 0.2) is 5.82 Å². The van der Waals surface area contributed by atoms with Crippen molar-refractivity contribution in [3.8, 4) is 11.6 Å². The molecular formula is C17H16N4O2. The lowest BCUT2D eigenvalue weighted by Crippen LogP contribution is -2.14. The van der Waals surface area contributed by atoms with Gasteiger partial charge in [-0.05, 0) is 37.3 Å². The van der Waals surface area contributed by atoms with E-state index in [1.54, 1.807) is 53.6 Å². The normalized spacial score (nSPS) is 10.3. The maximum atomic E-state index is 12.4. The zero-order chi connectivity index (χ0) is 16.1. The van der Waals surface area contributed by atoms with Crippen molar-refractivity contribution in [3.63, 3.8) is 0 Å². The van der Waals surface area contributed by atoms with Crippen LogP contribution in [0, 0.1) is 0 Å². The minimum atomic E-state index is -0.234. The molecule has 2 heterocycles. The van der Waals surface area contributed by atoms with E-state index in [0.29, 0.717) is 29.4 Å². The number of anilines is 1. The van der Waals surface area contributed by atoms with Gasteiger partial charge in [-0.1, -0.05) is 12.1 Å². The summed E-state index contributed by atoms with van der Waals surface area (Å²) in [6.45, 7) is 2.39. The number of hydrogen-bond donors (Lipinski definition) is 1. The molecule has 0 fully saturated rings. The number of benzene rings is 1. The summed E-state index contributed by atoms with van der Waals surface area (Å²) in [6, 6.07) is 12.5. The highest BCUT2D eigenvalue weighted by molar-refractivity contribution is 6.06. The molecule has 0 radical (unpaired) electrons. The number of pyridine rings is 1. The molecule has 3 rings (SSSR count). The highest BCUT2D eigenvalue weighted by atomic mass is 16.5. The summed E-state index contributed by atoms with van der Waals surface area (Å²) in [6.07, 6.45) is 5.08. The summed E-state index contributed by atoms with van der Waals surface area (Å²) in [4.78, 5) is 16.7. The van der Waals surface area contributed by atoms with E-state index in [9.17, 15) is 4.79 Å². The quantitative estimate of drug-likeness (QED) is 0.787. The van der Waals surface area contributed by atoms with Crippen molar-refractivity contribution in [3.05, 3.63) is 66.6 Å². The van der Waals surface area contributed by atoms with Crippen molar-refractivity contribution in [2.45, 2.75) is 6.92 Å². The van der Waals surface area contributed by atoms with Crippen LogP contribution in [0.25, 0.3) is 5.82 Å². The SMILES string of the molecule is CCOc1ccccc1C(=O)Nc1ccc(-n2cccn2)nc1. The first-order valence-electron chi connectivity index (χ1n) is 7.27. The molecule has 1 aromatic carbocycles. The van der Waals surface area contributed by atoms with Gasteiger partial charge in [-0.2, -0.15) is 5.10 Å². The monoisotopic (exact) mass is 308 g/mol. The first kappa shape index (κ1) is 14.8. The molecule has 0 bridgehead atoms. The van der Waals surface area contributed by atoms with E-state index >= 15 is 0 Å². The van der Waals surface area contributed by atoms with Crippen LogP contribution in [0.4, 0.5) is 5.69 Å². The Kier molecular flexibility index (Phi) is 4.33. The first-order chi connectivity index (χ1) is 11.3. The molecule has 1 N–H and O–H groups in total. The second kappa shape index (κ2) is 6.74. The lowest BCUT2D eigenvalue weighted by atomic mass is 10.2. The average molecular weight is 308 g/mol. The van der Waals surface area contributed by atoms with Gasteiger partial charge < -0.3 is 10.1 Å². The molecule has 3 aromatic rings. The first-order valence-corrected chi connectivity index (χ1v) is 7.27. The Morgan fingerprint density at radius 1 is 1.22 bits per heavy atom. The smallest absolute Gasteiger partial charge is 0.259 e. The van der Waals surface area contributed by atoms with E-state index in [4.69, 9.17) is 4.74 Å². The van der Waals surface area contributed by atoms with E-state index < -0.39 is 0 Å². The van der Waals surface area contributed by atoms with Crippen molar-refractivity contribution >= 4 is 11.6 Å². The van der Waals surface area contributed by atoms with Crippen LogP contribution in [0.1, 0.15) is 17.3 Å². The Labute approximate surface area is 133 Å². The standard InChI is InChI=1S/C17H16N4O2/c1-2-23-15-7-4-3-6-14(15)17(22)20-13-8-9-16(18-12-13)21-11-5-10-19-21/h3-12H,2H2,1H3,(H,20,22). The predicted molar refractivity (Wildman–Crippen MR) is 86.9 cm³/mol. The molecule has 6 heteroatoms. The van der Waals surface area contributed by atoms with Crippen molar-refractivity contribution in [1.82, 2.24) is 14.8 Å². The third-order valence-electron chi connectivity index (χ3n) is 3.18. The molecule has 0 saturated heterocycles. The number of carbonyl (C=O) groups is 1. The highest BCUT2D eigenvalue weighted by Crippen LogP contribution is 2.19. The van der Waals surface area contributed by atoms with E-state index in [0.717, 1.165) is 0 Å². The van der Waals surface area contributed by atoms with E-state index in [1.165, 1.54) is 0 Å². The average Bonchev–Trinajstić information content (AvgIpc) is 3.11. The van der Waals surface area contributed by atoms with Gasteiger partial charge in [0.25, 0.3) is 5.91 Å². The molecule has 2 aromatic heterocycles. The molecule has 0 atom stereocenters. The fraction of sp³-hybridized carbons (Fsp3) is 0.118. The van der Waals surface area contributed by atoms with E-state index in [2.05, 4.69) is 15.4 Å². The molecule has 6 nitrogen and oxygen atoms in total. The molecular weight excluding hydrogens is 292 g/mol. The van der Waals surface area contributed by atoms with Gasteiger partial charge in [0.2, 0.25) is 0 Å². The fourth-order valence-electron chi connectivity index (χ4n) is 2.13.